The molecule has 0 aliphatic carbocycles. The van der Waals surface area contributed by atoms with Crippen LogP contribution in [0, 0.1) is 6.92 Å². The van der Waals surface area contributed by atoms with Gasteiger partial charge >= 0.3 is 6.01 Å². The SMILES string of the molecule is Cc1ccc(-c2c(NS(=O)(=O)C=Cc3ccccc3)ncnc2OCCOc2ncccn2)cc1. The van der Waals surface area contributed by atoms with Crippen molar-refractivity contribution in [1.82, 2.24) is 19.9 Å². The smallest absolute Gasteiger partial charge is 0.316 e. The molecule has 0 atom stereocenters. The van der Waals surface area contributed by atoms with Crippen LogP contribution in [0.3, 0.4) is 0 Å². The fourth-order valence-corrected chi connectivity index (χ4v) is 3.90. The van der Waals surface area contributed by atoms with E-state index in [9.17, 15) is 8.42 Å². The molecule has 4 rings (SSSR count). The van der Waals surface area contributed by atoms with Gasteiger partial charge in [-0.25, -0.2) is 28.4 Å². The molecule has 0 amide bonds. The third-order valence-electron chi connectivity index (χ3n) is 4.73. The van der Waals surface area contributed by atoms with Crippen LogP contribution in [0.4, 0.5) is 5.82 Å². The van der Waals surface area contributed by atoms with Crippen molar-refractivity contribution in [3.05, 3.63) is 95.9 Å². The van der Waals surface area contributed by atoms with E-state index < -0.39 is 10.0 Å². The Morgan fingerprint density at radius 2 is 1.57 bits per heavy atom. The van der Waals surface area contributed by atoms with Gasteiger partial charge in [0.15, 0.2) is 5.82 Å². The summed E-state index contributed by atoms with van der Waals surface area (Å²) in [6.07, 6.45) is 5.91. The maximum absolute atomic E-state index is 12.8. The Balaban J connectivity index is 1.57. The third kappa shape index (κ3) is 6.84. The maximum atomic E-state index is 12.8. The fourth-order valence-electron chi connectivity index (χ4n) is 3.07. The molecule has 0 saturated heterocycles. The van der Waals surface area contributed by atoms with Gasteiger partial charge in [-0.1, -0.05) is 60.2 Å². The molecule has 4 aromatic rings. The molecule has 2 heterocycles. The number of nitrogens with one attached hydrogen (secondary N) is 1. The average molecular weight is 490 g/mol. The first-order valence-corrected chi connectivity index (χ1v) is 12.3. The van der Waals surface area contributed by atoms with E-state index in [1.165, 1.54) is 12.4 Å². The van der Waals surface area contributed by atoms with Crippen molar-refractivity contribution in [2.75, 3.05) is 17.9 Å². The summed E-state index contributed by atoms with van der Waals surface area (Å²) in [5.41, 5.74) is 2.92. The standard InChI is InChI=1S/C25H23N5O4S/c1-19-8-10-21(11-9-19)22-23(30-35(31,32)17-12-20-6-3-2-4-7-20)28-18-29-24(22)33-15-16-34-25-26-13-5-14-27-25/h2-14,17-18H,15-16H2,1H3,(H,28,29,30). The minimum Gasteiger partial charge on any atom is -0.473 e. The molecule has 9 nitrogen and oxygen atoms in total. The first kappa shape index (κ1) is 23.8. The Bertz CT molecular complexity index is 1380. The number of rotatable bonds is 10. The van der Waals surface area contributed by atoms with Gasteiger partial charge < -0.3 is 9.47 Å². The van der Waals surface area contributed by atoms with Crippen molar-refractivity contribution >= 4 is 21.9 Å². The van der Waals surface area contributed by atoms with Crippen LogP contribution >= 0.6 is 0 Å². The summed E-state index contributed by atoms with van der Waals surface area (Å²) >= 11 is 0. The molecule has 0 aliphatic heterocycles. The van der Waals surface area contributed by atoms with Crippen molar-refractivity contribution in [1.29, 1.82) is 0 Å². The van der Waals surface area contributed by atoms with Gasteiger partial charge in [-0.2, -0.15) is 0 Å². The van der Waals surface area contributed by atoms with Crippen molar-refractivity contribution in [2.24, 2.45) is 0 Å². The molecule has 35 heavy (non-hydrogen) atoms. The topological polar surface area (TPSA) is 116 Å². The molecule has 2 aromatic carbocycles. The third-order valence-corrected chi connectivity index (χ3v) is 5.70. The number of anilines is 1. The van der Waals surface area contributed by atoms with Crippen molar-refractivity contribution < 1.29 is 17.9 Å². The molecule has 2 aromatic heterocycles. The number of hydrogen-bond donors (Lipinski definition) is 1. The minimum atomic E-state index is -3.87. The zero-order valence-electron chi connectivity index (χ0n) is 18.9. The predicted octanol–water partition coefficient (Wildman–Crippen LogP) is 4.11. The first-order chi connectivity index (χ1) is 17.0. The van der Waals surface area contributed by atoms with Gasteiger partial charge in [0.2, 0.25) is 5.88 Å². The van der Waals surface area contributed by atoms with E-state index in [1.807, 2.05) is 61.5 Å². The van der Waals surface area contributed by atoms with Gasteiger partial charge in [-0.3, -0.25) is 4.72 Å². The van der Waals surface area contributed by atoms with Gasteiger partial charge in [0, 0.05) is 12.4 Å². The van der Waals surface area contributed by atoms with Crippen LogP contribution in [0.2, 0.25) is 0 Å². The number of ether oxygens (including phenoxy) is 2. The fraction of sp³-hybridized carbons (Fsp3) is 0.120. The highest BCUT2D eigenvalue weighted by atomic mass is 32.2. The normalized spacial score (nSPS) is 11.3. The zero-order chi connectivity index (χ0) is 24.5. The number of hydrogen-bond acceptors (Lipinski definition) is 8. The maximum Gasteiger partial charge on any atom is 0.316 e. The summed E-state index contributed by atoms with van der Waals surface area (Å²) in [6.45, 7) is 2.26. The number of aromatic nitrogens is 4. The van der Waals surface area contributed by atoms with E-state index >= 15 is 0 Å². The van der Waals surface area contributed by atoms with Gasteiger partial charge in [0.1, 0.15) is 19.5 Å². The Labute approximate surface area is 203 Å². The molecule has 0 radical (unpaired) electrons. The molecular formula is C25H23N5O4S. The second-order valence-electron chi connectivity index (χ2n) is 7.36. The van der Waals surface area contributed by atoms with Crippen LogP contribution in [-0.2, 0) is 10.0 Å². The Kier molecular flexibility index (Phi) is 7.63. The Hall–Kier alpha value is -4.31. The number of benzene rings is 2. The molecule has 1 N–H and O–H groups in total. The molecule has 0 aliphatic rings. The molecule has 178 valence electrons. The molecule has 0 fully saturated rings. The lowest BCUT2D eigenvalue weighted by Crippen LogP contribution is -2.14. The molecular weight excluding hydrogens is 466 g/mol. The molecule has 10 heteroatoms. The van der Waals surface area contributed by atoms with E-state index in [0.29, 0.717) is 11.1 Å². The second kappa shape index (κ2) is 11.2. The van der Waals surface area contributed by atoms with Gasteiger partial charge in [0.25, 0.3) is 10.0 Å². The van der Waals surface area contributed by atoms with E-state index in [4.69, 9.17) is 9.47 Å². The first-order valence-electron chi connectivity index (χ1n) is 10.7. The van der Waals surface area contributed by atoms with Crippen LogP contribution in [0.1, 0.15) is 11.1 Å². The quantitative estimate of drug-likeness (QED) is 0.331. The minimum absolute atomic E-state index is 0.101. The van der Waals surface area contributed by atoms with E-state index in [1.54, 1.807) is 18.5 Å². The van der Waals surface area contributed by atoms with Crippen LogP contribution in [0.15, 0.2) is 84.8 Å². The van der Waals surface area contributed by atoms with Crippen molar-refractivity contribution in [3.63, 3.8) is 0 Å². The van der Waals surface area contributed by atoms with E-state index in [2.05, 4.69) is 24.7 Å². The lowest BCUT2D eigenvalue weighted by Gasteiger charge is -2.15. The highest BCUT2D eigenvalue weighted by Gasteiger charge is 2.19. The number of sulfonamides is 1. The largest absolute Gasteiger partial charge is 0.473 e. The van der Waals surface area contributed by atoms with Crippen LogP contribution in [-0.4, -0.2) is 41.6 Å². The van der Waals surface area contributed by atoms with Gasteiger partial charge in [-0.05, 0) is 30.2 Å². The number of nitrogens with zero attached hydrogens (tertiary/aromatic N) is 4. The van der Waals surface area contributed by atoms with E-state index in [-0.39, 0.29) is 30.9 Å². The highest BCUT2D eigenvalue weighted by Crippen LogP contribution is 2.34. The number of aryl methyl sites for hydroxylation is 1. The summed E-state index contributed by atoms with van der Waals surface area (Å²) < 4.78 is 39.4. The van der Waals surface area contributed by atoms with Gasteiger partial charge in [-0.15, -0.1) is 0 Å². The predicted molar refractivity (Wildman–Crippen MR) is 133 cm³/mol. The molecule has 0 saturated carbocycles. The molecule has 0 spiro atoms. The Morgan fingerprint density at radius 1 is 0.857 bits per heavy atom. The zero-order valence-corrected chi connectivity index (χ0v) is 19.7. The van der Waals surface area contributed by atoms with Crippen molar-refractivity contribution in [2.45, 2.75) is 6.92 Å². The monoisotopic (exact) mass is 489 g/mol. The summed E-state index contributed by atoms with van der Waals surface area (Å²) in [4.78, 5) is 16.4. The highest BCUT2D eigenvalue weighted by molar-refractivity contribution is 7.95. The lowest BCUT2D eigenvalue weighted by molar-refractivity contribution is 0.202. The van der Waals surface area contributed by atoms with Crippen LogP contribution < -0.4 is 14.2 Å². The summed E-state index contributed by atoms with van der Waals surface area (Å²) in [6, 6.07) is 18.6. The van der Waals surface area contributed by atoms with Crippen molar-refractivity contribution in [3.8, 4) is 23.0 Å². The summed E-state index contributed by atoms with van der Waals surface area (Å²) in [5, 5.41) is 1.09. The average Bonchev–Trinajstić information content (AvgIpc) is 2.87. The second-order valence-corrected chi connectivity index (χ2v) is 8.92. The molecule has 0 unspecified atom stereocenters. The van der Waals surface area contributed by atoms with Crippen LogP contribution in [0.5, 0.6) is 11.9 Å². The lowest BCUT2D eigenvalue weighted by atomic mass is 10.1. The van der Waals surface area contributed by atoms with E-state index in [0.717, 1.165) is 16.5 Å². The molecule has 0 bridgehead atoms. The summed E-state index contributed by atoms with van der Waals surface area (Å²) in [7, 11) is -3.87. The Morgan fingerprint density at radius 3 is 2.31 bits per heavy atom. The van der Waals surface area contributed by atoms with Gasteiger partial charge in [0.05, 0.1) is 11.0 Å². The van der Waals surface area contributed by atoms with Crippen LogP contribution in [0.25, 0.3) is 17.2 Å². The summed E-state index contributed by atoms with van der Waals surface area (Å²) in [5.74, 6) is 0.315.